The van der Waals surface area contributed by atoms with E-state index in [1.165, 1.54) is 0 Å². The van der Waals surface area contributed by atoms with Crippen molar-refractivity contribution < 1.29 is 19.1 Å². The fraction of sp³-hybridized carbons (Fsp3) is 0.579. The summed E-state index contributed by atoms with van der Waals surface area (Å²) in [6, 6.07) is 7.45. The summed E-state index contributed by atoms with van der Waals surface area (Å²) in [4.78, 5) is 27.9. The molecule has 1 aliphatic rings. The van der Waals surface area contributed by atoms with Gasteiger partial charge in [-0.3, -0.25) is 9.69 Å². The number of carbonyl (C=O) groups excluding carboxylic acids is 2. The molecule has 0 aromatic heterocycles. The van der Waals surface area contributed by atoms with Gasteiger partial charge >= 0.3 is 6.09 Å². The molecule has 7 nitrogen and oxygen atoms in total. The third-order valence-corrected chi connectivity index (χ3v) is 4.08. The van der Waals surface area contributed by atoms with Crippen LogP contribution in [0, 0.1) is 0 Å². The van der Waals surface area contributed by atoms with Gasteiger partial charge in [0.1, 0.15) is 5.75 Å². The molecule has 1 fully saturated rings. The molecule has 1 N–H and O–H groups in total. The number of para-hydroxylation sites is 2. The Morgan fingerprint density at radius 3 is 2.50 bits per heavy atom. The Balaban J connectivity index is 1.76. The number of anilines is 1. The van der Waals surface area contributed by atoms with E-state index in [0.717, 1.165) is 13.1 Å². The molecule has 26 heavy (non-hydrogen) atoms. The van der Waals surface area contributed by atoms with Crippen LogP contribution in [0.25, 0.3) is 0 Å². The zero-order valence-electron chi connectivity index (χ0n) is 15.9. The van der Waals surface area contributed by atoms with Crippen molar-refractivity contribution in [1.82, 2.24) is 9.80 Å². The van der Waals surface area contributed by atoms with E-state index in [2.05, 4.69) is 10.2 Å². The van der Waals surface area contributed by atoms with Gasteiger partial charge in [-0.05, 0) is 32.9 Å². The molecule has 1 heterocycles. The normalized spacial score (nSPS) is 15.0. The Hall–Kier alpha value is -2.28. The number of amides is 2. The van der Waals surface area contributed by atoms with Crippen LogP contribution in [0.5, 0.6) is 5.75 Å². The van der Waals surface area contributed by atoms with Crippen LogP contribution in [-0.4, -0.2) is 67.2 Å². The van der Waals surface area contributed by atoms with Crippen LogP contribution in [0.4, 0.5) is 10.5 Å². The van der Waals surface area contributed by atoms with E-state index < -0.39 is 0 Å². The molecule has 1 aliphatic heterocycles. The number of nitrogens with one attached hydrogen (secondary N) is 1. The summed E-state index contributed by atoms with van der Waals surface area (Å²) < 4.78 is 10.7. The summed E-state index contributed by atoms with van der Waals surface area (Å²) >= 11 is 0. The smallest absolute Gasteiger partial charge is 0.409 e. The molecule has 0 saturated carbocycles. The van der Waals surface area contributed by atoms with Crippen LogP contribution in [0.1, 0.15) is 27.2 Å². The SMILES string of the molecule is CCOC(=O)N1CCN(CCC(=O)Nc2ccccc2OC(C)C)CC1. The topological polar surface area (TPSA) is 71.1 Å². The lowest BCUT2D eigenvalue weighted by molar-refractivity contribution is -0.116. The Morgan fingerprint density at radius 1 is 1.15 bits per heavy atom. The minimum Gasteiger partial charge on any atom is -0.489 e. The molecule has 1 saturated heterocycles. The second-order valence-electron chi connectivity index (χ2n) is 6.49. The predicted molar refractivity (Wildman–Crippen MR) is 100 cm³/mol. The number of hydrogen-bond donors (Lipinski definition) is 1. The molecule has 0 spiro atoms. The van der Waals surface area contributed by atoms with Crippen LogP contribution >= 0.6 is 0 Å². The Kier molecular flexibility index (Phi) is 7.72. The van der Waals surface area contributed by atoms with E-state index in [9.17, 15) is 9.59 Å². The first-order valence-electron chi connectivity index (χ1n) is 9.19. The van der Waals surface area contributed by atoms with E-state index in [1.54, 1.807) is 11.8 Å². The van der Waals surface area contributed by atoms with E-state index in [0.29, 0.717) is 44.1 Å². The van der Waals surface area contributed by atoms with Gasteiger partial charge in [0.05, 0.1) is 18.4 Å². The fourth-order valence-electron chi connectivity index (χ4n) is 2.77. The van der Waals surface area contributed by atoms with Gasteiger partial charge < -0.3 is 19.7 Å². The highest BCUT2D eigenvalue weighted by Crippen LogP contribution is 2.25. The zero-order chi connectivity index (χ0) is 18.9. The second-order valence-corrected chi connectivity index (χ2v) is 6.49. The molecule has 1 aromatic rings. The van der Waals surface area contributed by atoms with Gasteiger partial charge in [0.25, 0.3) is 0 Å². The lowest BCUT2D eigenvalue weighted by atomic mass is 10.2. The van der Waals surface area contributed by atoms with Crippen molar-refractivity contribution in [2.45, 2.75) is 33.3 Å². The van der Waals surface area contributed by atoms with Crippen molar-refractivity contribution in [2.24, 2.45) is 0 Å². The average molecular weight is 363 g/mol. The number of piperazine rings is 1. The first kappa shape index (κ1) is 20.0. The minimum atomic E-state index is -0.258. The van der Waals surface area contributed by atoms with Crippen LogP contribution in [-0.2, 0) is 9.53 Å². The standard InChI is InChI=1S/C19H29N3O4/c1-4-25-19(24)22-13-11-21(12-14-22)10-9-18(23)20-16-7-5-6-8-17(16)26-15(2)3/h5-8,15H,4,9-14H2,1-3H3,(H,20,23). The number of rotatable bonds is 7. The van der Waals surface area contributed by atoms with E-state index >= 15 is 0 Å². The third-order valence-electron chi connectivity index (χ3n) is 4.08. The molecule has 2 amide bonds. The number of hydrogen-bond acceptors (Lipinski definition) is 5. The van der Waals surface area contributed by atoms with Gasteiger partial charge in [0.15, 0.2) is 0 Å². The third kappa shape index (κ3) is 6.22. The van der Waals surface area contributed by atoms with E-state index in [-0.39, 0.29) is 18.1 Å². The molecule has 1 aromatic carbocycles. The molecule has 0 unspecified atom stereocenters. The molecule has 0 radical (unpaired) electrons. The van der Waals surface area contributed by atoms with Crippen molar-refractivity contribution >= 4 is 17.7 Å². The van der Waals surface area contributed by atoms with Crippen LogP contribution in [0.15, 0.2) is 24.3 Å². The molecule has 7 heteroatoms. The molecular formula is C19H29N3O4. The first-order valence-corrected chi connectivity index (χ1v) is 9.19. The number of benzene rings is 1. The second kappa shape index (κ2) is 10.0. The number of nitrogens with zero attached hydrogens (tertiary/aromatic N) is 2. The van der Waals surface area contributed by atoms with Crippen molar-refractivity contribution in [3.05, 3.63) is 24.3 Å². The largest absolute Gasteiger partial charge is 0.489 e. The van der Waals surface area contributed by atoms with E-state index in [4.69, 9.17) is 9.47 Å². The monoisotopic (exact) mass is 363 g/mol. The van der Waals surface area contributed by atoms with Crippen LogP contribution < -0.4 is 10.1 Å². The maximum Gasteiger partial charge on any atom is 0.409 e. The zero-order valence-corrected chi connectivity index (χ0v) is 15.9. The van der Waals surface area contributed by atoms with Crippen molar-refractivity contribution in [3.63, 3.8) is 0 Å². The lowest BCUT2D eigenvalue weighted by Crippen LogP contribution is -2.49. The van der Waals surface area contributed by atoms with Crippen molar-refractivity contribution in [3.8, 4) is 5.75 Å². The Morgan fingerprint density at radius 2 is 1.85 bits per heavy atom. The maximum atomic E-state index is 12.3. The van der Waals surface area contributed by atoms with Gasteiger partial charge in [-0.15, -0.1) is 0 Å². The fourth-order valence-corrected chi connectivity index (χ4v) is 2.77. The molecule has 2 rings (SSSR count). The van der Waals surface area contributed by atoms with Crippen LogP contribution in [0.2, 0.25) is 0 Å². The summed E-state index contributed by atoms with van der Waals surface area (Å²) in [7, 11) is 0. The van der Waals surface area contributed by atoms with Crippen molar-refractivity contribution in [1.29, 1.82) is 0 Å². The van der Waals surface area contributed by atoms with E-state index in [1.807, 2.05) is 38.1 Å². The average Bonchev–Trinajstić information content (AvgIpc) is 2.62. The molecule has 0 bridgehead atoms. The van der Waals surface area contributed by atoms with Crippen molar-refractivity contribution in [2.75, 3.05) is 44.6 Å². The predicted octanol–water partition coefficient (Wildman–Crippen LogP) is 2.58. The molecular weight excluding hydrogens is 334 g/mol. The van der Waals surface area contributed by atoms with Gasteiger partial charge in [-0.2, -0.15) is 0 Å². The highest BCUT2D eigenvalue weighted by molar-refractivity contribution is 5.92. The number of carbonyl (C=O) groups is 2. The maximum absolute atomic E-state index is 12.3. The highest BCUT2D eigenvalue weighted by Gasteiger charge is 2.22. The number of ether oxygens (including phenoxy) is 2. The Bertz CT molecular complexity index is 598. The quantitative estimate of drug-likeness (QED) is 0.806. The van der Waals surface area contributed by atoms with Gasteiger partial charge in [0, 0.05) is 39.1 Å². The molecule has 144 valence electrons. The summed E-state index contributed by atoms with van der Waals surface area (Å²) in [5.74, 6) is 0.636. The molecule has 0 atom stereocenters. The summed E-state index contributed by atoms with van der Waals surface area (Å²) in [6.07, 6.45) is 0.186. The van der Waals surface area contributed by atoms with Gasteiger partial charge in [-0.1, -0.05) is 12.1 Å². The summed E-state index contributed by atoms with van der Waals surface area (Å²) in [6.45, 7) is 9.52. The van der Waals surface area contributed by atoms with Gasteiger partial charge in [-0.25, -0.2) is 4.79 Å². The summed E-state index contributed by atoms with van der Waals surface area (Å²) in [5, 5.41) is 2.92. The van der Waals surface area contributed by atoms with Gasteiger partial charge in [0.2, 0.25) is 5.91 Å². The lowest BCUT2D eigenvalue weighted by Gasteiger charge is -2.33. The summed E-state index contributed by atoms with van der Waals surface area (Å²) in [5.41, 5.74) is 0.693. The highest BCUT2D eigenvalue weighted by atomic mass is 16.6. The Labute approximate surface area is 155 Å². The van der Waals surface area contributed by atoms with Crippen LogP contribution in [0.3, 0.4) is 0 Å². The minimum absolute atomic E-state index is 0.0439. The first-order chi connectivity index (χ1) is 12.5. The molecule has 0 aliphatic carbocycles.